The first-order valence-electron chi connectivity index (χ1n) is 5.84. The molecule has 0 aliphatic carbocycles. The summed E-state index contributed by atoms with van der Waals surface area (Å²) in [7, 11) is 0. The molecule has 0 fully saturated rings. The van der Waals surface area contributed by atoms with Crippen LogP contribution in [0, 0.1) is 0 Å². The molecule has 0 amide bonds. The van der Waals surface area contributed by atoms with Gasteiger partial charge in [0, 0.05) is 12.5 Å². The topological polar surface area (TPSA) is 27.7 Å². The van der Waals surface area contributed by atoms with Crippen LogP contribution in [0.4, 0.5) is 0 Å². The van der Waals surface area contributed by atoms with E-state index in [9.17, 15) is 0 Å². The second-order valence-electron chi connectivity index (χ2n) is 3.39. The summed E-state index contributed by atoms with van der Waals surface area (Å²) in [4.78, 5) is 0. The van der Waals surface area contributed by atoms with E-state index in [4.69, 9.17) is 25.8 Å². The zero-order valence-electron chi connectivity index (χ0n) is 10.4. The highest BCUT2D eigenvalue weighted by molar-refractivity contribution is 6.17. The molecule has 0 unspecified atom stereocenters. The molecule has 96 valence electrons. The van der Waals surface area contributed by atoms with Crippen molar-refractivity contribution in [3.63, 3.8) is 0 Å². The van der Waals surface area contributed by atoms with Gasteiger partial charge in [-0.15, -0.1) is 11.6 Å². The van der Waals surface area contributed by atoms with Crippen LogP contribution in [-0.2, 0) is 10.6 Å². The minimum absolute atomic E-state index is 0.472. The van der Waals surface area contributed by atoms with E-state index in [2.05, 4.69) is 0 Å². The van der Waals surface area contributed by atoms with E-state index in [0.717, 1.165) is 17.1 Å². The normalized spacial score (nSPS) is 10.3. The van der Waals surface area contributed by atoms with E-state index < -0.39 is 0 Å². The summed E-state index contributed by atoms with van der Waals surface area (Å²) in [5.74, 6) is 1.95. The smallest absolute Gasteiger partial charge is 0.161 e. The number of hydrogen-bond acceptors (Lipinski definition) is 3. The molecule has 0 heterocycles. The van der Waals surface area contributed by atoms with E-state index in [0.29, 0.717) is 32.3 Å². The van der Waals surface area contributed by atoms with Crippen LogP contribution >= 0.6 is 11.6 Å². The quantitative estimate of drug-likeness (QED) is 0.529. The predicted molar refractivity (Wildman–Crippen MR) is 69.2 cm³/mol. The summed E-state index contributed by atoms with van der Waals surface area (Å²) in [6.07, 6.45) is 0. The molecule has 0 spiro atoms. The fraction of sp³-hybridized carbons (Fsp3) is 0.538. The lowest BCUT2D eigenvalue weighted by molar-refractivity contribution is 0.108. The van der Waals surface area contributed by atoms with Crippen molar-refractivity contribution in [3.8, 4) is 11.5 Å². The summed E-state index contributed by atoms with van der Waals surface area (Å²) < 4.78 is 16.3. The molecule has 0 saturated carbocycles. The Balaban J connectivity index is 2.62. The molecule has 3 nitrogen and oxygen atoms in total. The fourth-order valence-corrected chi connectivity index (χ4v) is 1.54. The number of alkyl halides is 1. The summed E-state index contributed by atoms with van der Waals surface area (Å²) in [6, 6.07) is 5.73. The standard InChI is InChI=1S/C13H19ClO3/c1-3-15-7-8-17-12-6-5-11(10-14)9-13(12)16-4-2/h5-6,9H,3-4,7-8,10H2,1-2H3. The second-order valence-corrected chi connectivity index (χ2v) is 3.66. The van der Waals surface area contributed by atoms with Crippen LogP contribution in [0.25, 0.3) is 0 Å². The average molecular weight is 259 g/mol. The molecule has 0 aliphatic heterocycles. The van der Waals surface area contributed by atoms with E-state index in [1.807, 2.05) is 32.0 Å². The van der Waals surface area contributed by atoms with E-state index in [-0.39, 0.29) is 0 Å². The maximum atomic E-state index is 5.78. The fourth-order valence-electron chi connectivity index (χ4n) is 1.38. The molecule has 1 rings (SSSR count). The summed E-state index contributed by atoms with van der Waals surface area (Å²) in [5.41, 5.74) is 1.02. The third-order valence-electron chi connectivity index (χ3n) is 2.15. The number of benzene rings is 1. The lowest BCUT2D eigenvalue weighted by Crippen LogP contribution is -2.07. The van der Waals surface area contributed by atoms with Crippen LogP contribution in [0.3, 0.4) is 0 Å². The van der Waals surface area contributed by atoms with Crippen molar-refractivity contribution < 1.29 is 14.2 Å². The first-order valence-corrected chi connectivity index (χ1v) is 6.37. The zero-order valence-corrected chi connectivity index (χ0v) is 11.1. The van der Waals surface area contributed by atoms with E-state index in [1.165, 1.54) is 0 Å². The number of ether oxygens (including phenoxy) is 3. The summed E-state index contributed by atoms with van der Waals surface area (Å²) >= 11 is 5.78. The van der Waals surface area contributed by atoms with Gasteiger partial charge in [-0.25, -0.2) is 0 Å². The first-order chi connectivity index (χ1) is 8.31. The Bertz CT molecular complexity index is 328. The highest BCUT2D eigenvalue weighted by Gasteiger charge is 2.06. The van der Waals surface area contributed by atoms with Gasteiger partial charge in [-0.05, 0) is 31.5 Å². The van der Waals surface area contributed by atoms with Gasteiger partial charge in [0.25, 0.3) is 0 Å². The van der Waals surface area contributed by atoms with Crippen molar-refractivity contribution in [2.75, 3.05) is 26.4 Å². The molecule has 0 bridgehead atoms. The molecule has 1 aromatic rings. The SMILES string of the molecule is CCOCCOc1ccc(CCl)cc1OCC. The molecule has 0 radical (unpaired) electrons. The predicted octanol–water partition coefficient (Wildman–Crippen LogP) is 3.24. The first kappa shape index (κ1) is 14.1. The van der Waals surface area contributed by atoms with Crippen molar-refractivity contribution in [2.24, 2.45) is 0 Å². The van der Waals surface area contributed by atoms with Crippen molar-refractivity contribution in [2.45, 2.75) is 19.7 Å². The van der Waals surface area contributed by atoms with E-state index >= 15 is 0 Å². The summed E-state index contributed by atoms with van der Waals surface area (Å²) in [5, 5.41) is 0. The molecular formula is C13H19ClO3. The van der Waals surface area contributed by atoms with Crippen molar-refractivity contribution in [3.05, 3.63) is 23.8 Å². The van der Waals surface area contributed by atoms with Gasteiger partial charge < -0.3 is 14.2 Å². The lowest BCUT2D eigenvalue weighted by atomic mass is 10.2. The third-order valence-corrected chi connectivity index (χ3v) is 2.46. The molecule has 0 aromatic heterocycles. The molecule has 0 saturated heterocycles. The minimum atomic E-state index is 0.472. The van der Waals surface area contributed by atoms with Gasteiger partial charge in [0.2, 0.25) is 0 Å². The Morgan fingerprint density at radius 2 is 1.82 bits per heavy atom. The van der Waals surface area contributed by atoms with Gasteiger partial charge in [-0.1, -0.05) is 6.07 Å². The Kier molecular flexibility index (Phi) is 6.82. The molecule has 1 aromatic carbocycles. The van der Waals surface area contributed by atoms with Gasteiger partial charge in [0.1, 0.15) is 6.61 Å². The maximum Gasteiger partial charge on any atom is 0.161 e. The van der Waals surface area contributed by atoms with Crippen LogP contribution in [-0.4, -0.2) is 26.4 Å². The van der Waals surface area contributed by atoms with Gasteiger partial charge >= 0.3 is 0 Å². The van der Waals surface area contributed by atoms with Gasteiger partial charge in [0.05, 0.1) is 13.2 Å². The van der Waals surface area contributed by atoms with Crippen molar-refractivity contribution in [1.82, 2.24) is 0 Å². The monoisotopic (exact) mass is 258 g/mol. The van der Waals surface area contributed by atoms with Crippen LogP contribution in [0.5, 0.6) is 11.5 Å². The Labute approximate surface area is 108 Å². The van der Waals surface area contributed by atoms with Crippen molar-refractivity contribution in [1.29, 1.82) is 0 Å². The molecule has 0 N–H and O–H groups in total. The highest BCUT2D eigenvalue weighted by atomic mass is 35.5. The Morgan fingerprint density at radius 1 is 1.00 bits per heavy atom. The molecule has 4 heteroatoms. The average Bonchev–Trinajstić information content (AvgIpc) is 2.36. The van der Waals surface area contributed by atoms with Crippen molar-refractivity contribution >= 4 is 11.6 Å². The van der Waals surface area contributed by atoms with E-state index in [1.54, 1.807) is 0 Å². The number of halogens is 1. The highest BCUT2D eigenvalue weighted by Crippen LogP contribution is 2.29. The Hall–Kier alpha value is -0.930. The zero-order chi connectivity index (χ0) is 12.5. The maximum absolute atomic E-state index is 5.78. The van der Waals surface area contributed by atoms with Crippen LogP contribution < -0.4 is 9.47 Å². The number of rotatable bonds is 8. The van der Waals surface area contributed by atoms with Crippen LogP contribution in [0.15, 0.2) is 18.2 Å². The lowest BCUT2D eigenvalue weighted by Gasteiger charge is -2.12. The van der Waals surface area contributed by atoms with Crippen LogP contribution in [0.2, 0.25) is 0 Å². The largest absolute Gasteiger partial charge is 0.490 e. The molecular weight excluding hydrogens is 240 g/mol. The van der Waals surface area contributed by atoms with Gasteiger partial charge in [-0.2, -0.15) is 0 Å². The van der Waals surface area contributed by atoms with Gasteiger partial charge in [0.15, 0.2) is 11.5 Å². The van der Waals surface area contributed by atoms with Gasteiger partial charge in [-0.3, -0.25) is 0 Å². The minimum Gasteiger partial charge on any atom is -0.490 e. The Morgan fingerprint density at radius 3 is 2.47 bits per heavy atom. The molecule has 17 heavy (non-hydrogen) atoms. The molecule has 0 aliphatic rings. The van der Waals surface area contributed by atoms with Crippen LogP contribution in [0.1, 0.15) is 19.4 Å². The molecule has 0 atom stereocenters. The second kappa shape index (κ2) is 8.20. The summed E-state index contributed by atoms with van der Waals surface area (Å²) in [6.45, 7) is 6.31. The number of hydrogen-bond donors (Lipinski definition) is 0. The third kappa shape index (κ3) is 4.84.